The largest absolute Gasteiger partial charge is 0.413 e. The van der Waals surface area contributed by atoms with E-state index in [1.165, 1.54) is 0 Å². The van der Waals surface area contributed by atoms with Crippen LogP contribution in [-0.4, -0.2) is 17.8 Å². The van der Waals surface area contributed by atoms with E-state index in [2.05, 4.69) is 15.3 Å². The molecule has 0 radical (unpaired) electrons. The fourth-order valence-corrected chi connectivity index (χ4v) is 0.969. The maximum Gasteiger partial charge on any atom is 0.413 e. The molecule has 0 saturated heterocycles. The van der Waals surface area contributed by atoms with Crippen molar-refractivity contribution in [3.05, 3.63) is 30.1 Å². The highest BCUT2D eigenvalue weighted by Gasteiger charge is 2.28. The maximum absolute atomic E-state index is 11.7. The fourth-order valence-electron chi connectivity index (χ4n) is 0.969. The van der Waals surface area contributed by atoms with Gasteiger partial charge in [0.25, 0.3) is 0 Å². The number of hydroxylamine groups is 1. The number of halogens is 3. The van der Waals surface area contributed by atoms with Crippen LogP contribution in [0.4, 0.5) is 13.2 Å². The van der Waals surface area contributed by atoms with Gasteiger partial charge in [-0.05, 0) is 24.6 Å². The first-order valence-electron chi connectivity index (χ1n) is 4.33. The van der Waals surface area contributed by atoms with Crippen LogP contribution in [0.3, 0.4) is 0 Å². The number of aromatic nitrogens is 1. The molecule has 1 aromatic heterocycles. The first-order chi connectivity index (χ1) is 6.99. The van der Waals surface area contributed by atoms with E-state index in [-0.39, 0.29) is 6.04 Å². The van der Waals surface area contributed by atoms with Gasteiger partial charge in [0, 0.05) is 12.4 Å². The average molecular weight is 220 g/mol. The van der Waals surface area contributed by atoms with Crippen molar-refractivity contribution in [1.82, 2.24) is 10.5 Å². The van der Waals surface area contributed by atoms with E-state index in [1.807, 2.05) is 0 Å². The standard InChI is InChI=1S/C9H11F3N2O/c1-7(8-2-4-13-5-3-8)14-15-6-9(10,11)12/h2-5,7,14H,6H2,1H3. The van der Waals surface area contributed by atoms with Crippen molar-refractivity contribution in [3.8, 4) is 0 Å². The van der Waals surface area contributed by atoms with Crippen LogP contribution in [0, 0.1) is 0 Å². The molecule has 0 fully saturated rings. The number of alkyl halides is 3. The lowest BCUT2D eigenvalue weighted by Gasteiger charge is -2.14. The lowest BCUT2D eigenvalue weighted by molar-refractivity contribution is -0.192. The van der Waals surface area contributed by atoms with Gasteiger partial charge in [0.05, 0.1) is 6.04 Å². The number of hydrogen-bond acceptors (Lipinski definition) is 3. The summed E-state index contributed by atoms with van der Waals surface area (Å²) in [6, 6.07) is 3.10. The van der Waals surface area contributed by atoms with E-state index < -0.39 is 12.8 Å². The summed E-state index contributed by atoms with van der Waals surface area (Å²) in [7, 11) is 0. The molecule has 1 unspecified atom stereocenters. The molecule has 1 atom stereocenters. The number of pyridine rings is 1. The van der Waals surface area contributed by atoms with E-state index in [1.54, 1.807) is 31.5 Å². The predicted octanol–water partition coefficient (Wildman–Crippen LogP) is 2.23. The van der Waals surface area contributed by atoms with E-state index in [0.29, 0.717) is 0 Å². The van der Waals surface area contributed by atoms with Crippen molar-refractivity contribution in [2.75, 3.05) is 6.61 Å². The molecule has 0 aliphatic heterocycles. The van der Waals surface area contributed by atoms with Crippen LogP contribution in [0.5, 0.6) is 0 Å². The minimum atomic E-state index is -4.31. The van der Waals surface area contributed by atoms with Crippen LogP contribution < -0.4 is 5.48 Å². The third-order valence-electron chi connectivity index (χ3n) is 1.70. The second-order valence-electron chi connectivity index (χ2n) is 3.02. The molecule has 0 saturated carbocycles. The van der Waals surface area contributed by atoms with Gasteiger partial charge in [0.15, 0.2) is 6.61 Å². The Kier molecular flexibility index (Phi) is 4.05. The smallest absolute Gasteiger partial charge is 0.292 e. The van der Waals surface area contributed by atoms with Gasteiger partial charge in [-0.1, -0.05) is 0 Å². The Balaban J connectivity index is 2.34. The van der Waals surface area contributed by atoms with Gasteiger partial charge in [-0.15, -0.1) is 0 Å². The number of rotatable bonds is 4. The summed E-state index contributed by atoms with van der Waals surface area (Å²) in [5.74, 6) is 0. The minimum Gasteiger partial charge on any atom is -0.292 e. The van der Waals surface area contributed by atoms with Crippen molar-refractivity contribution in [3.63, 3.8) is 0 Å². The minimum absolute atomic E-state index is 0.310. The Morgan fingerprint density at radius 1 is 1.40 bits per heavy atom. The molecule has 0 bridgehead atoms. The predicted molar refractivity (Wildman–Crippen MR) is 47.8 cm³/mol. The Hall–Kier alpha value is -1.14. The van der Waals surface area contributed by atoms with Crippen LogP contribution in [0.2, 0.25) is 0 Å². The van der Waals surface area contributed by atoms with Crippen molar-refractivity contribution in [2.45, 2.75) is 19.1 Å². The molecule has 0 aromatic carbocycles. The summed E-state index contributed by atoms with van der Waals surface area (Å²) >= 11 is 0. The molecule has 1 N–H and O–H groups in total. The van der Waals surface area contributed by atoms with Crippen LogP contribution in [0.15, 0.2) is 24.5 Å². The quantitative estimate of drug-likeness (QED) is 0.790. The van der Waals surface area contributed by atoms with Crippen molar-refractivity contribution >= 4 is 0 Å². The van der Waals surface area contributed by atoms with Crippen LogP contribution in [0.1, 0.15) is 18.5 Å². The molecular formula is C9H11F3N2O. The molecule has 0 aliphatic rings. The van der Waals surface area contributed by atoms with E-state index >= 15 is 0 Å². The summed E-state index contributed by atoms with van der Waals surface area (Å²) in [5, 5.41) is 0. The maximum atomic E-state index is 11.7. The Morgan fingerprint density at radius 3 is 2.53 bits per heavy atom. The monoisotopic (exact) mass is 220 g/mol. The first kappa shape index (κ1) is 11.9. The SMILES string of the molecule is CC(NOCC(F)(F)F)c1ccncc1. The lowest BCUT2D eigenvalue weighted by atomic mass is 10.1. The highest BCUT2D eigenvalue weighted by Crippen LogP contribution is 2.15. The van der Waals surface area contributed by atoms with Crippen molar-refractivity contribution in [1.29, 1.82) is 0 Å². The van der Waals surface area contributed by atoms with Crippen molar-refractivity contribution < 1.29 is 18.0 Å². The fraction of sp³-hybridized carbons (Fsp3) is 0.444. The topological polar surface area (TPSA) is 34.1 Å². The number of hydrogen-bond donors (Lipinski definition) is 1. The molecule has 6 heteroatoms. The Labute approximate surface area is 85.2 Å². The molecule has 1 heterocycles. The zero-order valence-corrected chi connectivity index (χ0v) is 8.08. The van der Waals surface area contributed by atoms with Gasteiger partial charge in [-0.25, -0.2) is 0 Å². The van der Waals surface area contributed by atoms with Crippen LogP contribution in [0.25, 0.3) is 0 Å². The molecule has 0 spiro atoms. The summed E-state index contributed by atoms with van der Waals surface area (Å²) < 4.78 is 35.2. The summed E-state index contributed by atoms with van der Waals surface area (Å²) in [6.45, 7) is 0.397. The normalized spacial score (nSPS) is 13.9. The van der Waals surface area contributed by atoms with E-state index in [0.717, 1.165) is 5.56 Å². The summed E-state index contributed by atoms with van der Waals surface area (Å²) in [4.78, 5) is 8.12. The van der Waals surface area contributed by atoms with Crippen molar-refractivity contribution in [2.24, 2.45) is 0 Å². The average Bonchev–Trinajstić information content (AvgIpc) is 2.17. The third-order valence-corrected chi connectivity index (χ3v) is 1.70. The highest BCUT2D eigenvalue weighted by atomic mass is 19.4. The molecule has 1 aromatic rings. The van der Waals surface area contributed by atoms with Gasteiger partial charge in [-0.3, -0.25) is 9.82 Å². The zero-order valence-electron chi connectivity index (χ0n) is 8.08. The lowest BCUT2D eigenvalue weighted by Crippen LogP contribution is -2.26. The molecule has 0 aliphatic carbocycles. The third kappa shape index (κ3) is 4.75. The van der Waals surface area contributed by atoms with Crippen LogP contribution in [-0.2, 0) is 4.84 Å². The molecule has 3 nitrogen and oxygen atoms in total. The number of nitrogens with one attached hydrogen (secondary N) is 1. The van der Waals surface area contributed by atoms with E-state index in [4.69, 9.17) is 0 Å². The van der Waals surface area contributed by atoms with Gasteiger partial charge < -0.3 is 0 Å². The zero-order chi connectivity index (χ0) is 11.3. The molecule has 15 heavy (non-hydrogen) atoms. The van der Waals surface area contributed by atoms with Crippen LogP contribution >= 0.6 is 0 Å². The van der Waals surface area contributed by atoms with Gasteiger partial charge >= 0.3 is 6.18 Å². The van der Waals surface area contributed by atoms with E-state index in [9.17, 15) is 13.2 Å². The van der Waals surface area contributed by atoms with Gasteiger partial charge in [0.2, 0.25) is 0 Å². The summed E-state index contributed by atoms with van der Waals surface area (Å²) in [6.07, 6.45) is -1.18. The Bertz CT molecular complexity index is 289. The van der Waals surface area contributed by atoms with Gasteiger partial charge in [0.1, 0.15) is 0 Å². The molecule has 0 amide bonds. The second-order valence-corrected chi connectivity index (χ2v) is 3.02. The number of nitrogens with zero attached hydrogens (tertiary/aromatic N) is 1. The Morgan fingerprint density at radius 2 is 2.00 bits per heavy atom. The highest BCUT2D eigenvalue weighted by molar-refractivity contribution is 5.13. The van der Waals surface area contributed by atoms with Gasteiger partial charge in [-0.2, -0.15) is 18.7 Å². The molecule has 84 valence electrons. The molecular weight excluding hydrogens is 209 g/mol. The first-order valence-corrected chi connectivity index (χ1v) is 4.33. The molecule has 1 rings (SSSR count). The summed E-state index contributed by atoms with van der Waals surface area (Å²) in [5.41, 5.74) is 3.12. The second kappa shape index (κ2) is 5.09.